The minimum absolute atomic E-state index is 0.0968. The average molecular weight is 326 g/mol. The second-order valence-corrected chi connectivity index (χ2v) is 6.46. The number of fused-ring (bicyclic) bond motifs is 1. The molecule has 1 heterocycles. The summed E-state index contributed by atoms with van der Waals surface area (Å²) in [5, 5.41) is 7.60. The lowest BCUT2D eigenvalue weighted by Crippen LogP contribution is -2.30. The Balaban J connectivity index is 1.71. The molecular weight excluding hydrogens is 308 g/mol. The summed E-state index contributed by atoms with van der Waals surface area (Å²) < 4.78 is 5.90. The zero-order chi connectivity index (χ0) is 16.2. The van der Waals surface area contributed by atoms with Crippen molar-refractivity contribution in [1.29, 1.82) is 0 Å². The van der Waals surface area contributed by atoms with Gasteiger partial charge in [0, 0.05) is 16.8 Å². The number of benzene rings is 2. The first kappa shape index (κ1) is 15.5. The van der Waals surface area contributed by atoms with Crippen LogP contribution in [0.2, 0.25) is 0 Å². The van der Waals surface area contributed by atoms with Gasteiger partial charge in [-0.05, 0) is 25.3 Å². The SMILES string of the molecule is CC(C)NC(=O)c1csc(COc2cccc3ccccc23)n1. The fraction of sp³-hybridized carbons (Fsp3) is 0.222. The summed E-state index contributed by atoms with van der Waals surface area (Å²) >= 11 is 1.43. The van der Waals surface area contributed by atoms with Crippen molar-refractivity contribution in [2.75, 3.05) is 0 Å². The lowest BCUT2D eigenvalue weighted by Gasteiger charge is -2.08. The third kappa shape index (κ3) is 3.68. The number of carbonyl (C=O) groups is 1. The Morgan fingerprint density at radius 1 is 1.22 bits per heavy atom. The van der Waals surface area contributed by atoms with Gasteiger partial charge in [0.2, 0.25) is 0 Å². The van der Waals surface area contributed by atoms with Crippen molar-refractivity contribution in [3.63, 3.8) is 0 Å². The number of rotatable bonds is 5. The monoisotopic (exact) mass is 326 g/mol. The Morgan fingerprint density at radius 2 is 2.00 bits per heavy atom. The maximum absolute atomic E-state index is 11.9. The van der Waals surface area contributed by atoms with Crippen molar-refractivity contribution in [2.45, 2.75) is 26.5 Å². The molecule has 5 heteroatoms. The number of nitrogens with zero attached hydrogens (tertiary/aromatic N) is 1. The minimum Gasteiger partial charge on any atom is -0.486 e. The van der Waals surface area contributed by atoms with Gasteiger partial charge in [0.25, 0.3) is 5.91 Å². The van der Waals surface area contributed by atoms with E-state index in [0.29, 0.717) is 12.3 Å². The van der Waals surface area contributed by atoms with Crippen molar-refractivity contribution >= 4 is 28.0 Å². The minimum atomic E-state index is -0.146. The van der Waals surface area contributed by atoms with Crippen LogP contribution in [0, 0.1) is 0 Å². The molecule has 4 nitrogen and oxygen atoms in total. The van der Waals surface area contributed by atoms with E-state index in [2.05, 4.69) is 22.4 Å². The zero-order valence-corrected chi connectivity index (χ0v) is 13.9. The molecular formula is C18H18N2O2S. The lowest BCUT2D eigenvalue weighted by molar-refractivity contribution is 0.0938. The maximum Gasteiger partial charge on any atom is 0.270 e. The average Bonchev–Trinajstić information content (AvgIpc) is 3.01. The number of amides is 1. The van der Waals surface area contributed by atoms with Crippen LogP contribution in [0.1, 0.15) is 29.3 Å². The van der Waals surface area contributed by atoms with Crippen molar-refractivity contribution in [2.24, 2.45) is 0 Å². The molecule has 1 aromatic heterocycles. The van der Waals surface area contributed by atoms with Crippen LogP contribution in [0.5, 0.6) is 5.75 Å². The van der Waals surface area contributed by atoms with Crippen molar-refractivity contribution < 1.29 is 9.53 Å². The van der Waals surface area contributed by atoms with Gasteiger partial charge in [-0.25, -0.2) is 4.98 Å². The molecule has 3 rings (SSSR count). The molecule has 3 aromatic rings. The molecule has 0 fully saturated rings. The molecule has 0 aliphatic carbocycles. The van der Waals surface area contributed by atoms with Gasteiger partial charge in [-0.15, -0.1) is 11.3 Å². The Labute approximate surface area is 139 Å². The van der Waals surface area contributed by atoms with Crippen LogP contribution in [-0.2, 0) is 6.61 Å². The smallest absolute Gasteiger partial charge is 0.270 e. The van der Waals surface area contributed by atoms with Crippen LogP contribution in [0.3, 0.4) is 0 Å². The standard InChI is InChI=1S/C18H18N2O2S/c1-12(2)19-18(21)15-11-23-17(20-15)10-22-16-9-5-7-13-6-3-4-8-14(13)16/h3-9,11-12H,10H2,1-2H3,(H,19,21). The topological polar surface area (TPSA) is 51.2 Å². The predicted molar refractivity (Wildman–Crippen MR) is 93.0 cm³/mol. The van der Waals surface area contributed by atoms with E-state index < -0.39 is 0 Å². The maximum atomic E-state index is 11.9. The van der Waals surface area contributed by atoms with Crippen LogP contribution in [0.4, 0.5) is 0 Å². The largest absolute Gasteiger partial charge is 0.486 e. The lowest BCUT2D eigenvalue weighted by atomic mass is 10.1. The van der Waals surface area contributed by atoms with E-state index in [0.717, 1.165) is 21.5 Å². The van der Waals surface area contributed by atoms with E-state index in [4.69, 9.17) is 4.74 Å². The number of nitrogens with one attached hydrogen (secondary N) is 1. The van der Waals surface area contributed by atoms with Gasteiger partial charge in [-0.1, -0.05) is 36.4 Å². The first-order valence-corrected chi connectivity index (χ1v) is 8.37. The molecule has 0 radical (unpaired) electrons. The van der Waals surface area contributed by atoms with Gasteiger partial charge in [-0.2, -0.15) is 0 Å². The van der Waals surface area contributed by atoms with Crippen molar-refractivity contribution in [1.82, 2.24) is 10.3 Å². The third-order valence-corrected chi connectivity index (χ3v) is 4.13. The highest BCUT2D eigenvalue weighted by Gasteiger charge is 2.12. The Bertz CT molecular complexity index is 821. The van der Waals surface area contributed by atoms with E-state index in [1.807, 2.05) is 44.2 Å². The molecule has 2 aromatic carbocycles. The van der Waals surface area contributed by atoms with Crippen LogP contribution in [0.15, 0.2) is 47.8 Å². The fourth-order valence-corrected chi connectivity index (χ4v) is 2.96. The number of hydrogen-bond acceptors (Lipinski definition) is 4. The third-order valence-electron chi connectivity index (χ3n) is 3.30. The highest BCUT2D eigenvalue weighted by molar-refractivity contribution is 7.09. The van der Waals surface area contributed by atoms with Crippen LogP contribution < -0.4 is 10.1 Å². The molecule has 1 amide bonds. The molecule has 0 aliphatic heterocycles. The number of aromatic nitrogens is 1. The van der Waals surface area contributed by atoms with Crippen LogP contribution >= 0.6 is 11.3 Å². The Kier molecular flexibility index (Phi) is 4.57. The van der Waals surface area contributed by atoms with Gasteiger partial charge in [0.1, 0.15) is 23.1 Å². The van der Waals surface area contributed by atoms with E-state index in [9.17, 15) is 4.79 Å². The molecule has 0 spiro atoms. The molecule has 0 atom stereocenters. The van der Waals surface area contributed by atoms with E-state index in [1.54, 1.807) is 5.38 Å². The summed E-state index contributed by atoms with van der Waals surface area (Å²) in [6.45, 7) is 4.21. The molecule has 0 saturated carbocycles. The van der Waals surface area contributed by atoms with Gasteiger partial charge in [0.05, 0.1) is 0 Å². The fourth-order valence-electron chi connectivity index (χ4n) is 2.28. The van der Waals surface area contributed by atoms with Crippen molar-refractivity contribution in [3.05, 3.63) is 58.5 Å². The molecule has 0 bridgehead atoms. The quantitative estimate of drug-likeness (QED) is 0.770. The first-order chi connectivity index (χ1) is 11.1. The summed E-state index contributed by atoms with van der Waals surface area (Å²) in [5.41, 5.74) is 0.445. The molecule has 1 N–H and O–H groups in total. The van der Waals surface area contributed by atoms with Gasteiger partial charge in [-0.3, -0.25) is 4.79 Å². The summed E-state index contributed by atoms with van der Waals surface area (Å²) in [5.74, 6) is 0.680. The zero-order valence-electron chi connectivity index (χ0n) is 13.1. The summed E-state index contributed by atoms with van der Waals surface area (Å²) in [6, 6.07) is 14.2. The Morgan fingerprint density at radius 3 is 2.83 bits per heavy atom. The molecule has 0 aliphatic rings. The van der Waals surface area contributed by atoms with E-state index in [1.165, 1.54) is 11.3 Å². The number of thiazole rings is 1. The molecule has 0 saturated heterocycles. The highest BCUT2D eigenvalue weighted by atomic mass is 32.1. The van der Waals surface area contributed by atoms with E-state index in [-0.39, 0.29) is 11.9 Å². The number of ether oxygens (including phenoxy) is 1. The normalized spacial score (nSPS) is 10.9. The summed E-state index contributed by atoms with van der Waals surface area (Å²) in [7, 11) is 0. The second-order valence-electron chi connectivity index (χ2n) is 5.52. The molecule has 0 unspecified atom stereocenters. The molecule has 23 heavy (non-hydrogen) atoms. The summed E-state index contributed by atoms with van der Waals surface area (Å²) in [6.07, 6.45) is 0. The Hall–Kier alpha value is -2.40. The first-order valence-electron chi connectivity index (χ1n) is 7.49. The second kappa shape index (κ2) is 6.79. The van der Waals surface area contributed by atoms with Crippen molar-refractivity contribution in [3.8, 4) is 5.75 Å². The highest BCUT2D eigenvalue weighted by Crippen LogP contribution is 2.26. The van der Waals surface area contributed by atoms with Gasteiger partial charge in [0.15, 0.2) is 0 Å². The van der Waals surface area contributed by atoms with Crippen LogP contribution in [0.25, 0.3) is 10.8 Å². The number of carbonyl (C=O) groups excluding carboxylic acids is 1. The van der Waals surface area contributed by atoms with E-state index >= 15 is 0 Å². The predicted octanol–water partition coefficient (Wildman–Crippen LogP) is 4.01. The molecule has 118 valence electrons. The number of hydrogen-bond donors (Lipinski definition) is 1. The summed E-state index contributed by atoms with van der Waals surface area (Å²) in [4.78, 5) is 16.2. The van der Waals surface area contributed by atoms with Gasteiger partial charge < -0.3 is 10.1 Å². The van der Waals surface area contributed by atoms with Gasteiger partial charge >= 0.3 is 0 Å². The van der Waals surface area contributed by atoms with Crippen LogP contribution in [-0.4, -0.2) is 16.9 Å².